The molecular weight excluding hydrogens is 519 g/mol. The first-order chi connectivity index (χ1) is 17.7. The van der Waals surface area contributed by atoms with Crippen molar-refractivity contribution in [3.63, 3.8) is 0 Å². The van der Waals surface area contributed by atoms with E-state index in [-0.39, 0.29) is 19.4 Å². The summed E-state index contributed by atoms with van der Waals surface area (Å²) in [4.78, 5) is 64.8. The third kappa shape index (κ3) is 9.79. The highest BCUT2D eigenvalue weighted by Gasteiger charge is 2.51. The average Bonchev–Trinajstić information content (AvgIpc) is 3.27. The van der Waals surface area contributed by atoms with Gasteiger partial charge in [-0.1, -0.05) is 47.5 Å². The Balaban J connectivity index is 3.08. The van der Waals surface area contributed by atoms with Gasteiger partial charge < -0.3 is 20.3 Å². The molecule has 0 bridgehead atoms. The molecule has 1 fully saturated rings. The van der Waals surface area contributed by atoms with Gasteiger partial charge in [0.25, 0.3) is 0 Å². The van der Waals surface area contributed by atoms with Crippen LogP contribution in [0.4, 0.5) is 18.0 Å². The van der Waals surface area contributed by atoms with Gasteiger partial charge in [-0.3, -0.25) is 19.2 Å². The number of carbonyl (C=O) groups is 5. The third-order valence-electron chi connectivity index (χ3n) is 6.95. The maximum Gasteiger partial charge on any atom is 0.427 e. The molecule has 0 saturated carbocycles. The van der Waals surface area contributed by atoms with Crippen LogP contribution in [0.2, 0.25) is 0 Å². The van der Waals surface area contributed by atoms with E-state index in [0.29, 0.717) is 32.6 Å². The molecule has 224 valence electrons. The number of ether oxygens (including phenoxy) is 1. The van der Waals surface area contributed by atoms with Crippen molar-refractivity contribution in [3.05, 3.63) is 0 Å². The smallest absolute Gasteiger partial charge is 0.427 e. The van der Waals surface area contributed by atoms with Crippen molar-refractivity contribution < 1.29 is 41.9 Å². The zero-order chi connectivity index (χ0) is 30.3. The lowest BCUT2D eigenvalue weighted by atomic mass is 9.85. The van der Waals surface area contributed by atoms with E-state index in [1.54, 1.807) is 20.8 Å². The summed E-state index contributed by atoms with van der Waals surface area (Å²) in [6.45, 7) is 11.6. The number of rotatable bonds is 12. The van der Waals surface area contributed by atoms with Gasteiger partial charge in [0.05, 0.1) is 6.04 Å². The van der Waals surface area contributed by atoms with Gasteiger partial charge in [-0.25, -0.2) is 4.79 Å². The lowest BCUT2D eigenvalue weighted by Gasteiger charge is -2.36. The van der Waals surface area contributed by atoms with E-state index >= 15 is 0 Å². The van der Waals surface area contributed by atoms with Crippen LogP contribution in [-0.2, 0) is 23.9 Å². The van der Waals surface area contributed by atoms with E-state index in [9.17, 15) is 37.1 Å². The number of hydrogen-bond donors (Lipinski definition) is 2. The summed E-state index contributed by atoms with van der Waals surface area (Å²) in [7, 11) is 0. The second-order valence-electron chi connectivity index (χ2n) is 12.0. The quantitative estimate of drug-likeness (QED) is 0.341. The van der Waals surface area contributed by atoms with Crippen LogP contribution < -0.4 is 10.6 Å². The van der Waals surface area contributed by atoms with Crippen LogP contribution in [-0.4, -0.2) is 70.8 Å². The van der Waals surface area contributed by atoms with Crippen molar-refractivity contribution in [2.24, 2.45) is 11.3 Å². The van der Waals surface area contributed by atoms with Crippen molar-refractivity contribution in [3.8, 4) is 0 Å². The Hall–Kier alpha value is -2.66. The van der Waals surface area contributed by atoms with E-state index in [4.69, 9.17) is 0 Å². The number of hydrogen-bond acceptors (Lipinski definition) is 6. The second kappa shape index (κ2) is 13.6. The SMILES string of the molecule is CCCC(C)CCC(NC(=O)C1CCCN1C(=O)C(NC(=O)OC(C)(C)C(F)(F)F)C(C)(C)C)C(=O)C(C)=O. The molecule has 1 rings (SSSR count). The molecule has 0 aliphatic carbocycles. The zero-order valence-electron chi connectivity index (χ0n) is 24.3. The summed E-state index contributed by atoms with van der Waals surface area (Å²) in [5, 5.41) is 4.91. The predicted octanol–water partition coefficient (Wildman–Crippen LogP) is 4.32. The molecule has 39 heavy (non-hydrogen) atoms. The molecule has 0 spiro atoms. The van der Waals surface area contributed by atoms with Gasteiger partial charge in [-0.15, -0.1) is 0 Å². The number of Topliss-reactive ketones (excluding diaryl/α,β-unsaturated/α-hetero) is 2. The van der Waals surface area contributed by atoms with E-state index in [0.717, 1.165) is 19.8 Å². The number of likely N-dealkylation sites (tertiary alicyclic amines) is 1. The second-order valence-corrected chi connectivity index (χ2v) is 12.0. The minimum absolute atomic E-state index is 0.174. The first kappa shape index (κ1) is 34.4. The molecule has 0 aromatic heterocycles. The Kier molecular flexibility index (Phi) is 12.0. The summed E-state index contributed by atoms with van der Waals surface area (Å²) < 4.78 is 44.1. The minimum Gasteiger partial charge on any atom is -0.434 e. The van der Waals surface area contributed by atoms with E-state index < -0.39 is 64.8 Å². The molecule has 2 N–H and O–H groups in total. The molecule has 1 saturated heterocycles. The summed E-state index contributed by atoms with van der Waals surface area (Å²) in [5.41, 5.74) is -3.73. The molecule has 4 unspecified atom stereocenters. The number of alkyl carbamates (subject to hydrolysis) is 1. The van der Waals surface area contributed by atoms with Crippen LogP contribution in [0.3, 0.4) is 0 Å². The van der Waals surface area contributed by atoms with Crippen molar-refractivity contribution in [1.82, 2.24) is 15.5 Å². The largest absolute Gasteiger partial charge is 0.434 e. The fourth-order valence-electron chi connectivity index (χ4n) is 4.42. The highest BCUT2D eigenvalue weighted by molar-refractivity contribution is 6.38. The van der Waals surface area contributed by atoms with Crippen molar-refractivity contribution in [1.29, 1.82) is 0 Å². The number of carbonyl (C=O) groups excluding carboxylic acids is 5. The highest BCUT2D eigenvalue weighted by atomic mass is 19.4. The molecule has 3 amide bonds. The zero-order valence-corrected chi connectivity index (χ0v) is 24.3. The topological polar surface area (TPSA) is 122 Å². The molecule has 1 heterocycles. The van der Waals surface area contributed by atoms with Crippen molar-refractivity contribution in [2.75, 3.05) is 6.54 Å². The molecule has 1 aliphatic heterocycles. The van der Waals surface area contributed by atoms with Crippen LogP contribution in [0.1, 0.15) is 93.9 Å². The van der Waals surface area contributed by atoms with Crippen LogP contribution in [0, 0.1) is 11.3 Å². The van der Waals surface area contributed by atoms with E-state index in [2.05, 4.69) is 15.4 Å². The normalized spacial score (nSPS) is 18.6. The van der Waals surface area contributed by atoms with Crippen LogP contribution >= 0.6 is 0 Å². The number of nitrogens with one attached hydrogen (secondary N) is 2. The van der Waals surface area contributed by atoms with Crippen LogP contribution in [0.15, 0.2) is 0 Å². The molecule has 9 nitrogen and oxygen atoms in total. The predicted molar refractivity (Wildman–Crippen MR) is 139 cm³/mol. The van der Waals surface area contributed by atoms with Gasteiger partial charge in [0.1, 0.15) is 12.1 Å². The fraction of sp³-hybridized carbons (Fsp3) is 0.815. The lowest BCUT2D eigenvalue weighted by molar-refractivity contribution is -0.244. The number of alkyl halides is 3. The number of halogens is 3. The molecule has 0 aromatic carbocycles. The Morgan fingerprint density at radius 1 is 0.974 bits per heavy atom. The molecule has 1 aliphatic rings. The summed E-state index contributed by atoms with van der Waals surface area (Å²) in [6, 6.07) is -3.29. The maximum atomic E-state index is 13.6. The van der Waals surface area contributed by atoms with Crippen molar-refractivity contribution in [2.45, 2.75) is 124 Å². The first-order valence-corrected chi connectivity index (χ1v) is 13.4. The maximum absolute atomic E-state index is 13.6. The Morgan fingerprint density at radius 3 is 2.05 bits per heavy atom. The van der Waals surface area contributed by atoms with Gasteiger partial charge >= 0.3 is 12.3 Å². The summed E-state index contributed by atoms with van der Waals surface area (Å²) in [5.74, 6) is -2.36. The van der Waals surface area contributed by atoms with E-state index in [1.807, 2.05) is 13.8 Å². The molecule has 0 aromatic rings. The number of ketones is 2. The molecule has 4 atom stereocenters. The highest BCUT2D eigenvalue weighted by Crippen LogP contribution is 2.33. The van der Waals surface area contributed by atoms with Gasteiger partial charge in [-0.2, -0.15) is 13.2 Å². The molecule has 0 radical (unpaired) electrons. The number of amides is 3. The van der Waals surface area contributed by atoms with Gasteiger partial charge in [0, 0.05) is 13.5 Å². The first-order valence-electron chi connectivity index (χ1n) is 13.4. The summed E-state index contributed by atoms with van der Waals surface area (Å²) >= 11 is 0. The van der Waals surface area contributed by atoms with Crippen molar-refractivity contribution >= 4 is 29.5 Å². The number of nitrogens with zero attached hydrogens (tertiary/aromatic N) is 1. The fourth-order valence-corrected chi connectivity index (χ4v) is 4.42. The van der Waals surface area contributed by atoms with Gasteiger partial charge in [0.15, 0.2) is 5.78 Å². The molecular formula is C27H44F3N3O6. The Morgan fingerprint density at radius 2 is 1.56 bits per heavy atom. The minimum atomic E-state index is -4.83. The van der Waals surface area contributed by atoms with Gasteiger partial charge in [-0.05, 0) is 50.9 Å². The van der Waals surface area contributed by atoms with E-state index in [1.165, 1.54) is 4.90 Å². The Labute approximate surface area is 228 Å². The van der Waals surface area contributed by atoms with Crippen LogP contribution in [0.5, 0.6) is 0 Å². The third-order valence-corrected chi connectivity index (χ3v) is 6.95. The van der Waals surface area contributed by atoms with Gasteiger partial charge in [0.2, 0.25) is 23.2 Å². The standard InChI is InChI=1S/C27H44F3N3O6/c1-9-11-16(2)13-14-18(20(35)17(3)34)31-22(36)19-12-10-15-33(19)23(37)21(25(4,5)6)32-24(38)39-26(7,8)27(28,29)30/h16,18-19,21H,9-15H2,1-8H3,(H,31,36)(H,32,38). The average molecular weight is 564 g/mol. The monoisotopic (exact) mass is 563 g/mol. The lowest BCUT2D eigenvalue weighted by Crippen LogP contribution is -2.59. The Bertz CT molecular complexity index is 913. The summed E-state index contributed by atoms with van der Waals surface area (Å²) in [6.07, 6.45) is -2.70. The molecule has 12 heteroatoms. The van der Waals surface area contributed by atoms with Crippen LogP contribution in [0.25, 0.3) is 0 Å².